The third kappa shape index (κ3) is 2.85. The van der Waals surface area contributed by atoms with Crippen LogP contribution in [0.2, 0.25) is 0 Å². The lowest BCUT2D eigenvalue weighted by molar-refractivity contribution is -0.137. The molecular formula is C14H23N5O. The van der Waals surface area contributed by atoms with Crippen molar-refractivity contribution in [2.75, 3.05) is 13.1 Å². The molecule has 1 aromatic rings. The maximum Gasteiger partial charge on any atom is 0.227 e. The lowest BCUT2D eigenvalue weighted by Crippen LogP contribution is -2.46. The number of hydrogen-bond donors (Lipinski definition) is 1. The highest BCUT2D eigenvalue weighted by molar-refractivity contribution is 5.80. The molecule has 1 aliphatic heterocycles. The fraction of sp³-hybridized carbons (Fsp3) is 0.786. The van der Waals surface area contributed by atoms with Gasteiger partial charge in [-0.2, -0.15) is 5.10 Å². The monoisotopic (exact) mass is 277 g/mol. The summed E-state index contributed by atoms with van der Waals surface area (Å²) in [6, 6.07) is 0.0678. The topological polar surface area (TPSA) is 77.0 Å². The standard InChI is InChI=1S/C14H23N5O/c15-13-5-1-4-12(13)14(20)18-6-2-3-11(7-18)8-19-10-16-9-17-19/h9-13H,1-8,15H2/t11-,12+,13+/m0/s1. The largest absolute Gasteiger partial charge is 0.342 e. The molecule has 0 spiro atoms. The molecule has 20 heavy (non-hydrogen) atoms. The first-order chi connectivity index (χ1) is 9.74. The molecule has 0 unspecified atom stereocenters. The van der Waals surface area contributed by atoms with Gasteiger partial charge in [0.05, 0.1) is 5.92 Å². The molecule has 0 radical (unpaired) electrons. The molecule has 2 N–H and O–H groups in total. The molecule has 3 atom stereocenters. The molecule has 2 heterocycles. The summed E-state index contributed by atoms with van der Waals surface area (Å²) < 4.78 is 1.86. The van der Waals surface area contributed by atoms with E-state index >= 15 is 0 Å². The maximum absolute atomic E-state index is 12.6. The van der Waals surface area contributed by atoms with Gasteiger partial charge in [0.15, 0.2) is 0 Å². The van der Waals surface area contributed by atoms with E-state index in [1.807, 2.05) is 9.58 Å². The second kappa shape index (κ2) is 5.91. The molecule has 6 heteroatoms. The van der Waals surface area contributed by atoms with Gasteiger partial charge in [0, 0.05) is 25.7 Å². The van der Waals surface area contributed by atoms with Crippen molar-refractivity contribution in [3.05, 3.63) is 12.7 Å². The Kier molecular flexibility index (Phi) is 4.00. The van der Waals surface area contributed by atoms with Crippen LogP contribution in [0.4, 0.5) is 0 Å². The van der Waals surface area contributed by atoms with E-state index in [1.165, 1.54) is 0 Å². The first kappa shape index (κ1) is 13.5. The Morgan fingerprint density at radius 2 is 2.20 bits per heavy atom. The second-order valence-electron chi connectivity index (χ2n) is 6.11. The minimum atomic E-state index is 0.0557. The molecule has 6 nitrogen and oxygen atoms in total. The Labute approximate surface area is 119 Å². The van der Waals surface area contributed by atoms with Crippen LogP contribution in [-0.4, -0.2) is 44.7 Å². The van der Waals surface area contributed by atoms with E-state index in [0.29, 0.717) is 5.92 Å². The quantitative estimate of drug-likeness (QED) is 0.879. The second-order valence-corrected chi connectivity index (χ2v) is 6.11. The van der Waals surface area contributed by atoms with Crippen molar-refractivity contribution in [1.82, 2.24) is 19.7 Å². The molecule has 3 rings (SSSR count). The zero-order valence-electron chi connectivity index (χ0n) is 11.8. The average molecular weight is 277 g/mol. The molecular weight excluding hydrogens is 254 g/mol. The molecule has 0 bridgehead atoms. The van der Waals surface area contributed by atoms with Crippen molar-refractivity contribution in [1.29, 1.82) is 0 Å². The first-order valence-corrected chi connectivity index (χ1v) is 7.61. The smallest absolute Gasteiger partial charge is 0.227 e. The fourth-order valence-corrected chi connectivity index (χ4v) is 3.54. The van der Waals surface area contributed by atoms with Crippen LogP contribution in [0.15, 0.2) is 12.7 Å². The van der Waals surface area contributed by atoms with Gasteiger partial charge in [-0.3, -0.25) is 9.48 Å². The van der Waals surface area contributed by atoms with E-state index in [4.69, 9.17) is 5.73 Å². The minimum absolute atomic E-state index is 0.0557. The van der Waals surface area contributed by atoms with E-state index in [-0.39, 0.29) is 17.9 Å². The minimum Gasteiger partial charge on any atom is -0.342 e. The highest BCUT2D eigenvalue weighted by Crippen LogP contribution is 2.28. The van der Waals surface area contributed by atoms with Crippen LogP contribution in [0, 0.1) is 11.8 Å². The molecule has 1 saturated heterocycles. The average Bonchev–Trinajstić information content (AvgIpc) is 3.10. The predicted molar refractivity (Wildman–Crippen MR) is 74.6 cm³/mol. The molecule has 2 fully saturated rings. The van der Waals surface area contributed by atoms with E-state index in [0.717, 1.165) is 51.7 Å². The summed E-state index contributed by atoms with van der Waals surface area (Å²) in [4.78, 5) is 18.6. The van der Waals surface area contributed by atoms with Crippen LogP contribution in [0.3, 0.4) is 0 Å². The number of carbonyl (C=O) groups excluding carboxylic acids is 1. The van der Waals surface area contributed by atoms with E-state index in [9.17, 15) is 4.79 Å². The van der Waals surface area contributed by atoms with Crippen LogP contribution >= 0.6 is 0 Å². The van der Waals surface area contributed by atoms with Crippen molar-refractivity contribution in [2.45, 2.75) is 44.7 Å². The van der Waals surface area contributed by atoms with Crippen LogP contribution < -0.4 is 5.73 Å². The Bertz CT molecular complexity index is 446. The number of likely N-dealkylation sites (tertiary alicyclic amines) is 1. The van der Waals surface area contributed by atoms with Gasteiger partial charge in [0.1, 0.15) is 12.7 Å². The summed E-state index contributed by atoms with van der Waals surface area (Å²) in [6.07, 6.45) is 8.58. The highest BCUT2D eigenvalue weighted by Gasteiger charge is 2.35. The lowest BCUT2D eigenvalue weighted by atomic mass is 9.95. The van der Waals surface area contributed by atoms with Gasteiger partial charge < -0.3 is 10.6 Å². The molecule has 0 aromatic carbocycles. The summed E-state index contributed by atoms with van der Waals surface area (Å²) in [5, 5.41) is 4.15. The number of carbonyl (C=O) groups is 1. The number of aromatic nitrogens is 3. The zero-order valence-corrected chi connectivity index (χ0v) is 11.8. The Balaban J connectivity index is 1.58. The summed E-state index contributed by atoms with van der Waals surface area (Å²) >= 11 is 0. The van der Waals surface area contributed by atoms with E-state index < -0.39 is 0 Å². The summed E-state index contributed by atoms with van der Waals surface area (Å²) in [5.74, 6) is 0.811. The van der Waals surface area contributed by atoms with Crippen molar-refractivity contribution in [2.24, 2.45) is 17.6 Å². The van der Waals surface area contributed by atoms with Gasteiger partial charge in [-0.15, -0.1) is 0 Å². The van der Waals surface area contributed by atoms with Gasteiger partial charge in [0.2, 0.25) is 5.91 Å². The van der Waals surface area contributed by atoms with Crippen molar-refractivity contribution < 1.29 is 4.79 Å². The molecule has 2 aliphatic rings. The Hall–Kier alpha value is -1.43. The number of hydrogen-bond acceptors (Lipinski definition) is 4. The summed E-state index contributed by atoms with van der Waals surface area (Å²) in [7, 11) is 0. The SMILES string of the molecule is N[C@@H]1CCC[C@H]1C(=O)N1CCC[C@H](Cn2cncn2)C1. The fourth-order valence-electron chi connectivity index (χ4n) is 3.54. The van der Waals surface area contributed by atoms with Crippen LogP contribution in [0.1, 0.15) is 32.1 Å². The van der Waals surface area contributed by atoms with Crippen LogP contribution in [0.25, 0.3) is 0 Å². The van der Waals surface area contributed by atoms with E-state index in [2.05, 4.69) is 10.1 Å². The maximum atomic E-state index is 12.6. The number of amides is 1. The Morgan fingerprint density at radius 1 is 1.30 bits per heavy atom. The molecule has 1 aromatic heterocycles. The zero-order chi connectivity index (χ0) is 13.9. The van der Waals surface area contributed by atoms with Crippen LogP contribution in [-0.2, 0) is 11.3 Å². The van der Waals surface area contributed by atoms with Crippen LogP contribution in [0.5, 0.6) is 0 Å². The van der Waals surface area contributed by atoms with Crippen molar-refractivity contribution >= 4 is 5.91 Å². The third-order valence-corrected chi connectivity index (χ3v) is 4.63. The van der Waals surface area contributed by atoms with Gasteiger partial charge in [-0.05, 0) is 31.6 Å². The van der Waals surface area contributed by atoms with Crippen molar-refractivity contribution in [3.8, 4) is 0 Å². The molecule has 110 valence electrons. The first-order valence-electron chi connectivity index (χ1n) is 7.61. The normalized spacial score (nSPS) is 30.6. The molecule has 1 amide bonds. The van der Waals surface area contributed by atoms with Gasteiger partial charge in [-0.1, -0.05) is 6.42 Å². The van der Waals surface area contributed by atoms with Gasteiger partial charge in [0.25, 0.3) is 0 Å². The third-order valence-electron chi connectivity index (χ3n) is 4.63. The highest BCUT2D eigenvalue weighted by atomic mass is 16.2. The van der Waals surface area contributed by atoms with Crippen molar-refractivity contribution in [3.63, 3.8) is 0 Å². The molecule has 1 saturated carbocycles. The number of nitrogens with zero attached hydrogens (tertiary/aromatic N) is 4. The van der Waals surface area contributed by atoms with E-state index in [1.54, 1.807) is 12.7 Å². The summed E-state index contributed by atoms with van der Waals surface area (Å²) in [6.45, 7) is 2.57. The lowest BCUT2D eigenvalue weighted by Gasteiger charge is -2.35. The van der Waals surface area contributed by atoms with Gasteiger partial charge in [-0.25, -0.2) is 4.98 Å². The Morgan fingerprint density at radius 3 is 2.90 bits per heavy atom. The summed E-state index contributed by atoms with van der Waals surface area (Å²) in [5.41, 5.74) is 6.06. The molecule has 1 aliphatic carbocycles. The van der Waals surface area contributed by atoms with Gasteiger partial charge >= 0.3 is 0 Å². The predicted octanol–water partition coefficient (Wildman–Crippen LogP) is 0.644. The number of nitrogens with two attached hydrogens (primary N) is 1. The number of piperidine rings is 1. The number of rotatable bonds is 3.